The normalized spacial score (nSPS) is 32.4. The fourth-order valence-electron chi connectivity index (χ4n) is 3.38. The monoisotopic (exact) mass is 231 g/mol. The van der Waals surface area contributed by atoms with Gasteiger partial charge in [0.1, 0.15) is 0 Å². The second kappa shape index (κ2) is 4.43. The van der Waals surface area contributed by atoms with Gasteiger partial charge in [-0.25, -0.2) is 0 Å². The van der Waals surface area contributed by atoms with Crippen LogP contribution in [0.3, 0.4) is 0 Å². The Kier molecular flexibility index (Phi) is 2.93. The molecule has 1 aromatic rings. The molecule has 17 heavy (non-hydrogen) atoms. The van der Waals surface area contributed by atoms with E-state index >= 15 is 0 Å². The number of hydrogen-bond acceptors (Lipinski definition) is 2. The zero-order chi connectivity index (χ0) is 11.7. The zero-order valence-corrected chi connectivity index (χ0v) is 10.3. The van der Waals surface area contributed by atoms with Gasteiger partial charge in [0.05, 0.1) is 6.10 Å². The van der Waals surface area contributed by atoms with Gasteiger partial charge in [-0.15, -0.1) is 0 Å². The van der Waals surface area contributed by atoms with E-state index in [1.54, 1.807) is 0 Å². The summed E-state index contributed by atoms with van der Waals surface area (Å²) in [5, 5.41) is 0. The summed E-state index contributed by atoms with van der Waals surface area (Å²) in [5.41, 5.74) is 9.33. The molecule has 1 saturated heterocycles. The zero-order valence-electron chi connectivity index (χ0n) is 10.3. The first-order valence-corrected chi connectivity index (χ1v) is 6.77. The summed E-state index contributed by atoms with van der Waals surface area (Å²) >= 11 is 0. The molecule has 0 amide bonds. The van der Waals surface area contributed by atoms with Crippen molar-refractivity contribution < 1.29 is 4.74 Å². The van der Waals surface area contributed by atoms with E-state index in [2.05, 4.69) is 24.3 Å². The number of hydrogen-bond donors (Lipinski definition) is 1. The Morgan fingerprint density at radius 2 is 2.18 bits per heavy atom. The fraction of sp³-hybridized carbons (Fsp3) is 0.600. The number of ether oxygens (including phenoxy) is 1. The highest BCUT2D eigenvalue weighted by atomic mass is 16.5. The summed E-state index contributed by atoms with van der Waals surface area (Å²) in [5.74, 6) is 0. The molecule has 1 aliphatic carbocycles. The number of aryl methyl sites for hydroxylation is 1. The van der Waals surface area contributed by atoms with Crippen LogP contribution in [0.25, 0.3) is 0 Å². The van der Waals surface area contributed by atoms with Crippen molar-refractivity contribution in [3.63, 3.8) is 0 Å². The van der Waals surface area contributed by atoms with Crippen molar-refractivity contribution in [3.8, 4) is 0 Å². The van der Waals surface area contributed by atoms with Crippen LogP contribution in [0.4, 0.5) is 0 Å². The van der Waals surface area contributed by atoms with Crippen molar-refractivity contribution in [1.82, 2.24) is 0 Å². The Labute approximate surface area is 103 Å². The lowest BCUT2D eigenvalue weighted by Gasteiger charge is -2.37. The van der Waals surface area contributed by atoms with Crippen molar-refractivity contribution in [1.29, 1.82) is 0 Å². The lowest BCUT2D eigenvalue weighted by molar-refractivity contribution is 0.0787. The maximum absolute atomic E-state index is 6.67. The van der Waals surface area contributed by atoms with Gasteiger partial charge in [-0.05, 0) is 49.7 Å². The highest BCUT2D eigenvalue weighted by molar-refractivity contribution is 5.36. The molecule has 2 N–H and O–H groups in total. The summed E-state index contributed by atoms with van der Waals surface area (Å²) in [7, 11) is 0. The number of fused-ring (bicyclic) bond motifs is 1. The van der Waals surface area contributed by atoms with Gasteiger partial charge in [0, 0.05) is 12.1 Å². The van der Waals surface area contributed by atoms with Crippen LogP contribution in [0.5, 0.6) is 0 Å². The van der Waals surface area contributed by atoms with Gasteiger partial charge in [-0.2, -0.15) is 0 Å². The molecule has 2 atom stereocenters. The molecule has 3 rings (SSSR count). The molecular weight excluding hydrogens is 210 g/mol. The largest absolute Gasteiger partial charge is 0.378 e. The molecule has 0 aromatic heterocycles. The average molecular weight is 231 g/mol. The van der Waals surface area contributed by atoms with Crippen molar-refractivity contribution in [2.75, 3.05) is 6.61 Å². The molecule has 1 aliphatic heterocycles. The molecule has 0 bridgehead atoms. The molecule has 1 fully saturated rings. The summed E-state index contributed by atoms with van der Waals surface area (Å²) in [6.45, 7) is 0.919. The Balaban J connectivity index is 1.86. The third-order valence-corrected chi connectivity index (χ3v) is 4.24. The lowest BCUT2D eigenvalue weighted by Crippen LogP contribution is -2.42. The van der Waals surface area contributed by atoms with Crippen molar-refractivity contribution in [3.05, 3.63) is 35.4 Å². The molecule has 1 aromatic carbocycles. The molecule has 2 heteroatoms. The standard InChI is InChI=1S/C15H21NO/c16-15(11-13-7-4-10-17-13)9-3-6-12-5-1-2-8-14(12)15/h1-2,5,8,13H,3-4,6-7,9-11,16H2. The van der Waals surface area contributed by atoms with Crippen molar-refractivity contribution in [2.24, 2.45) is 5.73 Å². The molecule has 1 heterocycles. The van der Waals surface area contributed by atoms with Crippen LogP contribution in [-0.2, 0) is 16.7 Å². The molecule has 0 saturated carbocycles. The molecule has 92 valence electrons. The third kappa shape index (κ3) is 2.12. The van der Waals surface area contributed by atoms with Gasteiger partial charge >= 0.3 is 0 Å². The Morgan fingerprint density at radius 3 is 3.00 bits per heavy atom. The Morgan fingerprint density at radius 1 is 1.29 bits per heavy atom. The van der Waals surface area contributed by atoms with Gasteiger partial charge in [-0.3, -0.25) is 0 Å². The second-order valence-corrected chi connectivity index (χ2v) is 5.51. The van der Waals surface area contributed by atoms with E-state index in [1.807, 2.05) is 0 Å². The molecular formula is C15H21NO. The van der Waals surface area contributed by atoms with E-state index in [4.69, 9.17) is 10.5 Å². The minimum Gasteiger partial charge on any atom is -0.378 e. The van der Waals surface area contributed by atoms with Gasteiger partial charge in [0.15, 0.2) is 0 Å². The summed E-state index contributed by atoms with van der Waals surface area (Å²) in [6.07, 6.45) is 7.24. The topological polar surface area (TPSA) is 35.2 Å². The van der Waals surface area contributed by atoms with Crippen LogP contribution in [0, 0.1) is 0 Å². The first kappa shape index (κ1) is 11.2. The van der Waals surface area contributed by atoms with E-state index in [9.17, 15) is 0 Å². The van der Waals surface area contributed by atoms with Crippen LogP contribution in [0.15, 0.2) is 24.3 Å². The van der Waals surface area contributed by atoms with E-state index in [0.29, 0.717) is 6.10 Å². The predicted molar refractivity (Wildman–Crippen MR) is 68.8 cm³/mol. The summed E-state index contributed by atoms with van der Waals surface area (Å²) in [4.78, 5) is 0. The summed E-state index contributed by atoms with van der Waals surface area (Å²) < 4.78 is 5.76. The van der Waals surface area contributed by atoms with Gasteiger partial charge in [0.2, 0.25) is 0 Å². The molecule has 2 nitrogen and oxygen atoms in total. The first-order chi connectivity index (χ1) is 8.28. The highest BCUT2D eigenvalue weighted by Gasteiger charge is 2.35. The second-order valence-electron chi connectivity index (χ2n) is 5.51. The average Bonchev–Trinajstić information content (AvgIpc) is 2.82. The third-order valence-electron chi connectivity index (χ3n) is 4.24. The van der Waals surface area contributed by atoms with Crippen molar-refractivity contribution in [2.45, 2.75) is 50.2 Å². The maximum Gasteiger partial charge on any atom is 0.0596 e. The lowest BCUT2D eigenvalue weighted by atomic mass is 9.74. The van der Waals surface area contributed by atoms with E-state index in [1.165, 1.54) is 36.8 Å². The predicted octanol–water partition coefficient (Wildman–Crippen LogP) is 2.75. The van der Waals surface area contributed by atoms with Gasteiger partial charge < -0.3 is 10.5 Å². The van der Waals surface area contributed by atoms with E-state index in [-0.39, 0.29) is 5.54 Å². The van der Waals surface area contributed by atoms with Gasteiger partial charge in [-0.1, -0.05) is 24.3 Å². The van der Waals surface area contributed by atoms with Crippen molar-refractivity contribution >= 4 is 0 Å². The fourth-order valence-corrected chi connectivity index (χ4v) is 3.38. The Hall–Kier alpha value is -0.860. The Bertz CT molecular complexity index is 398. The highest BCUT2D eigenvalue weighted by Crippen LogP contribution is 2.38. The molecule has 0 radical (unpaired) electrons. The van der Waals surface area contributed by atoms with Crippen LogP contribution < -0.4 is 5.73 Å². The quantitative estimate of drug-likeness (QED) is 0.849. The number of benzene rings is 1. The van der Waals surface area contributed by atoms with Crippen LogP contribution in [-0.4, -0.2) is 12.7 Å². The molecule has 0 spiro atoms. The van der Waals surface area contributed by atoms with Crippen LogP contribution in [0.2, 0.25) is 0 Å². The van der Waals surface area contributed by atoms with E-state index < -0.39 is 0 Å². The SMILES string of the molecule is NC1(CC2CCCO2)CCCc2ccccc21. The van der Waals surface area contributed by atoms with E-state index in [0.717, 1.165) is 19.4 Å². The van der Waals surface area contributed by atoms with Gasteiger partial charge in [0.25, 0.3) is 0 Å². The smallest absolute Gasteiger partial charge is 0.0596 e. The first-order valence-electron chi connectivity index (χ1n) is 6.77. The minimum atomic E-state index is -0.149. The van der Waals surface area contributed by atoms with Crippen LogP contribution in [0.1, 0.15) is 43.2 Å². The maximum atomic E-state index is 6.67. The number of nitrogens with two attached hydrogens (primary N) is 1. The molecule has 2 aliphatic rings. The van der Waals surface area contributed by atoms with Crippen LogP contribution >= 0.6 is 0 Å². The summed E-state index contributed by atoms with van der Waals surface area (Å²) in [6, 6.07) is 8.67. The minimum absolute atomic E-state index is 0.149. The number of rotatable bonds is 2. The molecule has 2 unspecified atom stereocenters.